The molecule has 0 radical (unpaired) electrons. The fourth-order valence-corrected chi connectivity index (χ4v) is 3.88. The average Bonchev–Trinajstić information content (AvgIpc) is 3.16. The van der Waals surface area contributed by atoms with E-state index in [0.717, 1.165) is 11.1 Å². The summed E-state index contributed by atoms with van der Waals surface area (Å²) in [7, 11) is 0. The molecule has 1 aliphatic rings. The molecule has 2 amide bonds. The van der Waals surface area contributed by atoms with Gasteiger partial charge in [-0.25, -0.2) is 0 Å². The fraction of sp³-hybridized carbons (Fsp3) is 0.238. The number of thioether (sulfide) groups is 1. The molecule has 1 atom stereocenters. The Hall–Kier alpha value is -2.53. The molecule has 1 heterocycles. The second kappa shape index (κ2) is 8.72. The zero-order chi connectivity index (χ0) is 18.4. The molecule has 134 valence electrons. The second-order valence-electron chi connectivity index (χ2n) is 6.27. The van der Waals surface area contributed by atoms with Crippen molar-refractivity contribution in [1.29, 1.82) is 0 Å². The number of nitrogens with one attached hydrogen (secondary N) is 1. The molecule has 3 rings (SSSR count). The number of hydrogen-bond acceptors (Lipinski definition) is 3. The Morgan fingerprint density at radius 1 is 1.15 bits per heavy atom. The van der Waals surface area contributed by atoms with E-state index in [0.29, 0.717) is 18.2 Å². The standard InChI is InChI=1S/C21H22N2O2S/c1-16-7-9-17(10-8-16)11-12-20(24)23-15-26-14-19(23)21(25)22-13-18-5-3-2-4-6-18/h2-12,19H,13-15H2,1H3,(H,22,25)/b12-11+/t19-/m1/s1. The zero-order valence-corrected chi connectivity index (χ0v) is 15.5. The van der Waals surface area contributed by atoms with E-state index >= 15 is 0 Å². The van der Waals surface area contributed by atoms with Crippen molar-refractivity contribution in [1.82, 2.24) is 10.2 Å². The third-order valence-electron chi connectivity index (χ3n) is 4.27. The summed E-state index contributed by atoms with van der Waals surface area (Å²) < 4.78 is 0. The third-order valence-corrected chi connectivity index (χ3v) is 5.29. The van der Waals surface area contributed by atoms with Crippen LogP contribution in [0, 0.1) is 6.92 Å². The van der Waals surface area contributed by atoms with E-state index in [4.69, 9.17) is 0 Å². The Morgan fingerprint density at radius 2 is 1.88 bits per heavy atom. The van der Waals surface area contributed by atoms with E-state index in [-0.39, 0.29) is 11.8 Å². The van der Waals surface area contributed by atoms with Crippen molar-refractivity contribution >= 4 is 29.7 Å². The van der Waals surface area contributed by atoms with Gasteiger partial charge in [0.15, 0.2) is 0 Å². The lowest BCUT2D eigenvalue weighted by Gasteiger charge is -2.21. The molecule has 1 fully saturated rings. The van der Waals surface area contributed by atoms with Crippen LogP contribution in [0.1, 0.15) is 16.7 Å². The number of carbonyl (C=O) groups excluding carboxylic acids is 2. The molecule has 0 spiro atoms. The second-order valence-corrected chi connectivity index (χ2v) is 7.27. The molecule has 2 aromatic carbocycles. The molecule has 1 saturated heterocycles. The van der Waals surface area contributed by atoms with Gasteiger partial charge in [0.1, 0.15) is 6.04 Å². The average molecular weight is 366 g/mol. The molecule has 4 nitrogen and oxygen atoms in total. The van der Waals surface area contributed by atoms with Gasteiger partial charge in [0.2, 0.25) is 11.8 Å². The van der Waals surface area contributed by atoms with E-state index in [9.17, 15) is 9.59 Å². The van der Waals surface area contributed by atoms with Gasteiger partial charge in [0.25, 0.3) is 0 Å². The Kier molecular flexibility index (Phi) is 6.12. The molecule has 0 unspecified atom stereocenters. The number of benzene rings is 2. The number of rotatable bonds is 5. The zero-order valence-electron chi connectivity index (χ0n) is 14.7. The molecule has 1 aliphatic heterocycles. The van der Waals surface area contributed by atoms with Crippen molar-refractivity contribution < 1.29 is 9.59 Å². The molecule has 5 heteroatoms. The molecule has 0 bridgehead atoms. The van der Waals surface area contributed by atoms with Crippen LogP contribution in [-0.4, -0.2) is 34.4 Å². The first-order chi connectivity index (χ1) is 12.6. The van der Waals surface area contributed by atoms with E-state index < -0.39 is 6.04 Å². The topological polar surface area (TPSA) is 49.4 Å². The van der Waals surface area contributed by atoms with Crippen molar-refractivity contribution in [2.24, 2.45) is 0 Å². The summed E-state index contributed by atoms with van der Waals surface area (Å²) >= 11 is 1.60. The van der Waals surface area contributed by atoms with Gasteiger partial charge in [-0.2, -0.15) is 0 Å². The summed E-state index contributed by atoms with van der Waals surface area (Å²) in [4.78, 5) is 26.7. The van der Waals surface area contributed by atoms with Crippen LogP contribution in [0.3, 0.4) is 0 Å². The van der Waals surface area contributed by atoms with E-state index in [1.54, 1.807) is 28.8 Å². The third kappa shape index (κ3) is 4.76. The smallest absolute Gasteiger partial charge is 0.247 e. The summed E-state index contributed by atoms with van der Waals surface area (Å²) in [5.74, 6) is 0.942. The quantitative estimate of drug-likeness (QED) is 0.827. The highest BCUT2D eigenvalue weighted by atomic mass is 32.2. The van der Waals surface area contributed by atoms with Crippen LogP contribution in [0.25, 0.3) is 6.08 Å². The maximum absolute atomic E-state index is 12.5. The highest BCUT2D eigenvalue weighted by molar-refractivity contribution is 7.99. The normalized spacial score (nSPS) is 16.8. The van der Waals surface area contributed by atoms with Gasteiger partial charge in [-0.1, -0.05) is 60.2 Å². The van der Waals surface area contributed by atoms with E-state index in [1.165, 1.54) is 5.56 Å². The summed E-state index contributed by atoms with van der Waals surface area (Å²) in [6, 6.07) is 17.3. The van der Waals surface area contributed by atoms with Crippen molar-refractivity contribution in [3.63, 3.8) is 0 Å². The van der Waals surface area contributed by atoms with Gasteiger partial charge in [-0.3, -0.25) is 9.59 Å². The molecule has 1 N–H and O–H groups in total. The first-order valence-electron chi connectivity index (χ1n) is 8.58. The number of aryl methyl sites for hydroxylation is 1. The van der Waals surface area contributed by atoms with Crippen molar-refractivity contribution in [2.75, 3.05) is 11.6 Å². The minimum Gasteiger partial charge on any atom is -0.350 e. The molecule has 0 aromatic heterocycles. The Bertz CT molecular complexity index is 787. The van der Waals surface area contributed by atoms with Crippen molar-refractivity contribution in [3.05, 3.63) is 77.4 Å². The van der Waals surface area contributed by atoms with Gasteiger partial charge < -0.3 is 10.2 Å². The van der Waals surface area contributed by atoms with E-state index in [2.05, 4.69) is 5.32 Å². The lowest BCUT2D eigenvalue weighted by molar-refractivity contribution is -0.134. The van der Waals surface area contributed by atoms with Gasteiger partial charge in [-0.15, -0.1) is 11.8 Å². The van der Waals surface area contributed by atoms with Crippen LogP contribution in [0.15, 0.2) is 60.7 Å². The number of amides is 2. The first-order valence-corrected chi connectivity index (χ1v) is 9.74. The minimum absolute atomic E-state index is 0.101. The lowest BCUT2D eigenvalue weighted by Crippen LogP contribution is -2.46. The van der Waals surface area contributed by atoms with Crippen LogP contribution >= 0.6 is 11.8 Å². The van der Waals surface area contributed by atoms with Crippen LogP contribution in [0.2, 0.25) is 0 Å². The van der Waals surface area contributed by atoms with Crippen LogP contribution in [0.5, 0.6) is 0 Å². The summed E-state index contributed by atoms with van der Waals surface area (Å²) in [5.41, 5.74) is 3.20. The molecule has 0 saturated carbocycles. The van der Waals surface area contributed by atoms with Gasteiger partial charge in [0, 0.05) is 18.4 Å². The SMILES string of the molecule is Cc1ccc(/C=C/C(=O)N2CSC[C@@H]2C(=O)NCc2ccccc2)cc1. The largest absolute Gasteiger partial charge is 0.350 e. The predicted molar refractivity (Wildman–Crippen MR) is 106 cm³/mol. The minimum atomic E-state index is -0.418. The first kappa shape index (κ1) is 18.3. The molecule has 26 heavy (non-hydrogen) atoms. The van der Waals surface area contributed by atoms with Gasteiger partial charge >= 0.3 is 0 Å². The summed E-state index contributed by atoms with van der Waals surface area (Å²) in [6.45, 7) is 2.50. The molecule has 0 aliphatic carbocycles. The summed E-state index contributed by atoms with van der Waals surface area (Å²) in [6.07, 6.45) is 3.34. The number of nitrogens with zero attached hydrogens (tertiary/aromatic N) is 1. The van der Waals surface area contributed by atoms with Crippen molar-refractivity contribution in [2.45, 2.75) is 19.5 Å². The van der Waals surface area contributed by atoms with Crippen LogP contribution in [-0.2, 0) is 16.1 Å². The van der Waals surface area contributed by atoms with E-state index in [1.807, 2.05) is 61.5 Å². The monoisotopic (exact) mass is 366 g/mol. The molecular weight excluding hydrogens is 344 g/mol. The highest BCUT2D eigenvalue weighted by Gasteiger charge is 2.33. The Balaban J connectivity index is 1.58. The van der Waals surface area contributed by atoms with Crippen molar-refractivity contribution in [3.8, 4) is 0 Å². The molecular formula is C21H22N2O2S. The maximum atomic E-state index is 12.5. The lowest BCUT2D eigenvalue weighted by atomic mass is 10.1. The highest BCUT2D eigenvalue weighted by Crippen LogP contribution is 2.22. The van der Waals surface area contributed by atoms with Crippen LogP contribution < -0.4 is 5.32 Å². The Morgan fingerprint density at radius 3 is 2.62 bits per heavy atom. The van der Waals surface area contributed by atoms with Gasteiger partial charge in [-0.05, 0) is 24.1 Å². The Labute approximate surface area is 158 Å². The maximum Gasteiger partial charge on any atom is 0.247 e. The fourth-order valence-electron chi connectivity index (χ4n) is 2.72. The molecule has 2 aromatic rings. The predicted octanol–water partition coefficient (Wildman–Crippen LogP) is 3.23. The number of carbonyl (C=O) groups is 2. The van der Waals surface area contributed by atoms with Gasteiger partial charge in [0.05, 0.1) is 5.88 Å². The summed E-state index contributed by atoms with van der Waals surface area (Å²) in [5, 5.41) is 2.94. The van der Waals surface area contributed by atoms with Crippen LogP contribution in [0.4, 0.5) is 0 Å². The number of hydrogen-bond donors (Lipinski definition) is 1.